The number of nitrogens with zero attached hydrogens (tertiary/aromatic N) is 1. The number of fused-ring (bicyclic) bond motifs is 2. The number of hydrogen-bond donors (Lipinski definition) is 2. The Labute approximate surface area is 268 Å². The number of Topliss-reactive ketones (excluding diaryl/α,β-unsaturated/α-hetero) is 3. The van der Waals surface area contributed by atoms with E-state index in [-0.39, 0.29) is 36.1 Å². The first-order valence-corrected chi connectivity index (χ1v) is 16.1. The van der Waals surface area contributed by atoms with Gasteiger partial charge in [0.2, 0.25) is 0 Å². The number of likely N-dealkylation sites (N-methyl/N-ethyl adjacent to an activating group) is 1. The maximum atomic E-state index is 14.8. The van der Waals surface area contributed by atoms with Crippen LogP contribution in [0.15, 0.2) is 57.9 Å². The molecule has 0 aromatic carbocycles. The van der Waals surface area contributed by atoms with Crippen molar-refractivity contribution in [3.05, 3.63) is 57.9 Å². The molecule has 2 aliphatic carbocycles. The van der Waals surface area contributed by atoms with Gasteiger partial charge in [-0.1, -0.05) is 67.4 Å². The first kappa shape index (κ1) is 39.5. The number of carbonyl (C=O) groups excluding carboxylic acids is 3. The van der Waals surface area contributed by atoms with Gasteiger partial charge in [0.1, 0.15) is 17.7 Å². The second kappa shape index (κ2) is 15.1. The Morgan fingerprint density at radius 3 is 1.82 bits per heavy atom. The van der Waals surface area contributed by atoms with Crippen molar-refractivity contribution in [1.82, 2.24) is 0 Å². The van der Waals surface area contributed by atoms with Crippen molar-refractivity contribution in [3.8, 4) is 0 Å². The molecule has 0 aromatic rings. The smallest absolute Gasteiger partial charge is 0.184 e. The minimum atomic E-state index is -1.87. The molecule has 0 aromatic heterocycles. The Morgan fingerprint density at radius 2 is 1.43 bits per heavy atom. The Hall–Kier alpha value is -2.57. The molecule has 6 heteroatoms. The van der Waals surface area contributed by atoms with Crippen LogP contribution >= 0.6 is 0 Å². The van der Waals surface area contributed by atoms with Crippen molar-refractivity contribution < 1.29 is 29.1 Å². The molecule has 1 saturated carbocycles. The summed E-state index contributed by atoms with van der Waals surface area (Å²) >= 11 is 0. The Kier molecular flexibility index (Phi) is 13.6. The van der Waals surface area contributed by atoms with Crippen LogP contribution in [0.1, 0.15) is 102 Å². The summed E-state index contributed by atoms with van der Waals surface area (Å²) in [7, 11) is 6.16. The lowest BCUT2D eigenvalue weighted by Crippen LogP contribution is -2.70. The number of aliphatic hydroxyl groups excluding tert-OH is 2. The summed E-state index contributed by atoms with van der Waals surface area (Å²) in [4.78, 5) is 43.9. The van der Waals surface area contributed by atoms with Gasteiger partial charge in [-0.05, 0) is 87.0 Å². The maximum Gasteiger partial charge on any atom is 0.184 e. The van der Waals surface area contributed by atoms with E-state index in [9.17, 15) is 19.5 Å². The largest absolute Gasteiger partial charge is 0.510 e. The molecule has 2 N–H and O–H groups in total. The van der Waals surface area contributed by atoms with Gasteiger partial charge in [-0.2, -0.15) is 0 Å². The highest BCUT2D eigenvalue weighted by Gasteiger charge is 2.75. The van der Waals surface area contributed by atoms with Crippen LogP contribution in [0, 0.1) is 28.1 Å². The zero-order chi connectivity index (χ0) is 34.4. The monoisotopic (exact) mass is 612 g/mol. The molecular weight excluding hydrogens is 550 g/mol. The lowest BCUT2D eigenvalue weighted by atomic mass is 9.38. The molecule has 0 amide bonds. The minimum absolute atomic E-state index is 0.167. The first-order valence-electron chi connectivity index (χ1n) is 16.1. The van der Waals surface area contributed by atoms with Gasteiger partial charge in [-0.25, -0.2) is 0 Å². The summed E-state index contributed by atoms with van der Waals surface area (Å²) < 4.78 is 0.844. The highest BCUT2D eigenvalue weighted by molar-refractivity contribution is 6.34. The highest BCUT2D eigenvalue weighted by Crippen LogP contribution is 2.67. The van der Waals surface area contributed by atoms with E-state index in [4.69, 9.17) is 5.11 Å². The van der Waals surface area contributed by atoms with Crippen LogP contribution in [0.2, 0.25) is 0 Å². The number of allylic oxidation sites excluding steroid dienone is 9. The van der Waals surface area contributed by atoms with Crippen LogP contribution in [-0.2, 0) is 14.4 Å². The molecule has 248 valence electrons. The van der Waals surface area contributed by atoms with E-state index >= 15 is 0 Å². The quantitative estimate of drug-likeness (QED) is 0.141. The first-order chi connectivity index (χ1) is 20.0. The molecule has 0 spiro atoms. The minimum Gasteiger partial charge on any atom is -0.510 e. The number of aliphatic hydroxyl groups is 2. The summed E-state index contributed by atoms with van der Waals surface area (Å²) in [6.07, 6.45) is 9.53. The van der Waals surface area contributed by atoms with Gasteiger partial charge in [0.05, 0.1) is 27.7 Å². The topological polar surface area (TPSA) is 91.7 Å². The van der Waals surface area contributed by atoms with Crippen LogP contribution in [0.4, 0.5) is 0 Å². The molecule has 0 aliphatic heterocycles. The normalized spacial score (nSPS) is 26.4. The summed E-state index contributed by atoms with van der Waals surface area (Å²) in [5.41, 5.74) is 0.0938. The van der Waals surface area contributed by atoms with Gasteiger partial charge in [0.25, 0.3) is 0 Å². The summed E-state index contributed by atoms with van der Waals surface area (Å²) in [6, 6.07) is 0. The van der Waals surface area contributed by atoms with Crippen molar-refractivity contribution >= 4 is 17.3 Å². The number of ketones is 3. The fourth-order valence-corrected chi connectivity index (χ4v) is 6.65. The number of quaternary nitrogens is 1. The van der Waals surface area contributed by atoms with Crippen LogP contribution in [0.3, 0.4) is 0 Å². The SMILES string of the molecule is CC(C)=CCC1=C(O)C2(C=C(C)C)CC(CC=C(C)C)C(C)(CC=C(C)C)C(C(=O)C(C)C)(C1=O)C2=O.C[N+](C)(C)CCO. The van der Waals surface area contributed by atoms with Crippen molar-refractivity contribution in [2.75, 3.05) is 34.3 Å². The van der Waals surface area contributed by atoms with E-state index in [1.165, 1.54) is 0 Å². The van der Waals surface area contributed by atoms with Crippen molar-refractivity contribution in [3.63, 3.8) is 0 Å². The Bertz CT molecular complexity index is 1240. The van der Waals surface area contributed by atoms with Crippen LogP contribution in [-0.4, -0.2) is 66.3 Å². The lowest BCUT2D eigenvalue weighted by Gasteiger charge is -2.60. The molecule has 2 bridgehead atoms. The summed E-state index contributed by atoms with van der Waals surface area (Å²) in [5, 5.41) is 20.2. The van der Waals surface area contributed by atoms with Crippen molar-refractivity contribution in [1.29, 1.82) is 0 Å². The molecule has 2 aliphatic rings. The molecule has 1 fully saturated rings. The van der Waals surface area contributed by atoms with Gasteiger partial charge >= 0.3 is 0 Å². The van der Waals surface area contributed by atoms with Crippen molar-refractivity contribution in [2.45, 2.75) is 102 Å². The van der Waals surface area contributed by atoms with E-state index in [0.717, 1.165) is 33.3 Å². The van der Waals surface area contributed by atoms with Gasteiger partial charge < -0.3 is 14.7 Å². The standard InChI is InChI=1S/C33H48O4.C5H14NO/c1-20(2)12-14-25-19-32(18-23(7)8)28(35)26(15-13-21(3)4)29(36)33(30(32)37,27(34)24(9)10)31(25,11)17-16-22(5)6;1-6(2,3)4-5-7/h12-13,16,18,24-25,35H,14-15,17,19H2,1-11H3;7H,4-5H2,1-3H3/q;+1. The average Bonchev–Trinajstić information content (AvgIpc) is 2.87. The second-order valence-corrected chi connectivity index (χ2v) is 15.5. The Balaban J connectivity index is 0.00000123. The predicted octanol–water partition coefficient (Wildman–Crippen LogP) is 7.89. The van der Waals surface area contributed by atoms with E-state index in [0.29, 0.717) is 19.3 Å². The van der Waals surface area contributed by atoms with Gasteiger partial charge in [0, 0.05) is 16.9 Å². The third-order valence-corrected chi connectivity index (χ3v) is 9.05. The third-order valence-electron chi connectivity index (χ3n) is 9.05. The van der Waals surface area contributed by atoms with E-state index in [1.807, 2.05) is 74.5 Å². The zero-order valence-corrected chi connectivity index (χ0v) is 30.3. The molecule has 4 unspecified atom stereocenters. The Morgan fingerprint density at radius 1 is 0.909 bits per heavy atom. The zero-order valence-electron chi connectivity index (χ0n) is 30.3. The molecular formula is C38H62NO5+. The van der Waals surface area contributed by atoms with Crippen LogP contribution < -0.4 is 0 Å². The highest BCUT2D eigenvalue weighted by atomic mass is 16.3. The van der Waals surface area contributed by atoms with Crippen LogP contribution in [0.5, 0.6) is 0 Å². The van der Waals surface area contributed by atoms with E-state index in [1.54, 1.807) is 13.8 Å². The fourth-order valence-electron chi connectivity index (χ4n) is 6.65. The number of hydrogen-bond acceptors (Lipinski definition) is 5. The third kappa shape index (κ3) is 8.17. The maximum absolute atomic E-state index is 14.8. The molecule has 0 saturated heterocycles. The molecule has 0 heterocycles. The summed E-state index contributed by atoms with van der Waals surface area (Å²) in [6.45, 7) is 22.4. The molecule has 6 nitrogen and oxygen atoms in total. The molecule has 4 atom stereocenters. The van der Waals surface area contributed by atoms with E-state index in [2.05, 4.69) is 33.3 Å². The second-order valence-electron chi connectivity index (χ2n) is 15.5. The molecule has 0 radical (unpaired) electrons. The van der Waals surface area contributed by atoms with Gasteiger partial charge in [-0.15, -0.1) is 0 Å². The molecule has 2 rings (SSSR count). The average molecular weight is 613 g/mol. The van der Waals surface area contributed by atoms with Gasteiger partial charge in [0.15, 0.2) is 22.8 Å². The molecule has 44 heavy (non-hydrogen) atoms. The number of rotatable bonds is 11. The van der Waals surface area contributed by atoms with Crippen LogP contribution in [0.25, 0.3) is 0 Å². The predicted molar refractivity (Wildman–Crippen MR) is 182 cm³/mol. The van der Waals surface area contributed by atoms with Crippen molar-refractivity contribution in [2.24, 2.45) is 28.1 Å². The van der Waals surface area contributed by atoms with E-state index < -0.39 is 33.7 Å². The summed E-state index contributed by atoms with van der Waals surface area (Å²) in [5.74, 6) is -2.14. The lowest BCUT2D eigenvalue weighted by molar-refractivity contribution is -0.870. The fraction of sp³-hybridized carbons (Fsp3) is 0.658. The van der Waals surface area contributed by atoms with Gasteiger partial charge in [-0.3, -0.25) is 14.4 Å². The number of carbonyl (C=O) groups is 3.